The number of nitrogens with zero attached hydrogens (tertiary/aromatic N) is 2. The molecule has 1 aromatic carbocycles. The maximum absolute atomic E-state index is 13.6. The van der Waals surface area contributed by atoms with Crippen molar-refractivity contribution in [3.05, 3.63) is 30.1 Å². The zero-order valence-corrected chi connectivity index (χ0v) is 11.6. The van der Waals surface area contributed by atoms with Crippen LogP contribution in [0.25, 0.3) is 0 Å². The molecule has 2 rings (SSSR count). The van der Waals surface area contributed by atoms with E-state index in [1.165, 1.54) is 6.07 Å². The lowest BCUT2D eigenvalue weighted by Crippen LogP contribution is -2.42. The van der Waals surface area contributed by atoms with Crippen LogP contribution in [0.2, 0.25) is 0 Å². The summed E-state index contributed by atoms with van der Waals surface area (Å²) in [6, 6.07) is 6.55. The summed E-state index contributed by atoms with van der Waals surface area (Å²) in [7, 11) is 2.50. The van der Waals surface area contributed by atoms with Gasteiger partial charge in [0.05, 0.1) is 4.90 Å². The van der Waals surface area contributed by atoms with Gasteiger partial charge in [-0.3, -0.25) is 0 Å². The number of hydrogen-bond acceptors (Lipinski definition) is 2. The van der Waals surface area contributed by atoms with Gasteiger partial charge >= 0.3 is 0 Å². The molecule has 0 bridgehead atoms. The van der Waals surface area contributed by atoms with Gasteiger partial charge in [-0.25, -0.2) is 12.9 Å². The molecule has 1 unspecified atom stereocenters. The van der Waals surface area contributed by atoms with E-state index in [0.29, 0.717) is 0 Å². The lowest BCUT2D eigenvalue weighted by molar-refractivity contribution is 0.201. The molecule has 0 saturated carbocycles. The van der Waals surface area contributed by atoms with E-state index >= 15 is 0 Å². The van der Waals surface area contributed by atoms with Crippen molar-refractivity contribution in [2.45, 2.75) is 23.8 Å². The Kier molecular flexibility index (Phi) is 4.48. The first-order valence-electron chi connectivity index (χ1n) is 6.17. The van der Waals surface area contributed by atoms with Crippen molar-refractivity contribution in [1.29, 1.82) is 0 Å². The Morgan fingerprint density at radius 3 is 2.56 bits per heavy atom. The van der Waals surface area contributed by atoms with E-state index in [4.69, 9.17) is 0 Å². The Bertz CT molecular complexity index is 433. The van der Waals surface area contributed by atoms with Crippen LogP contribution in [0, 0.1) is 5.82 Å². The van der Waals surface area contributed by atoms with E-state index in [0.717, 1.165) is 25.9 Å². The van der Waals surface area contributed by atoms with Crippen LogP contribution in [0.3, 0.4) is 0 Å². The molecule has 0 aromatic heterocycles. The highest BCUT2D eigenvalue weighted by Gasteiger charge is 2.25. The molecule has 1 saturated heterocycles. The second-order valence-electron chi connectivity index (χ2n) is 4.76. The number of likely N-dealkylation sites (tertiary alicyclic amines) is 1. The molecule has 1 aliphatic rings. The van der Waals surface area contributed by atoms with Crippen LogP contribution in [0.4, 0.5) is 4.39 Å². The Morgan fingerprint density at radius 2 is 1.94 bits per heavy atom. The molecule has 100 valence electrons. The lowest BCUT2D eigenvalue weighted by atomic mass is 10.1. The van der Waals surface area contributed by atoms with Crippen molar-refractivity contribution < 1.29 is 8.60 Å². The highest BCUT2D eigenvalue weighted by Crippen LogP contribution is 2.20. The summed E-state index contributed by atoms with van der Waals surface area (Å²) in [5.74, 6) is -0.393. The molecular weight excluding hydrogens is 251 g/mol. The van der Waals surface area contributed by atoms with Gasteiger partial charge in [-0.15, -0.1) is 0 Å². The summed E-state index contributed by atoms with van der Waals surface area (Å²) in [6.45, 7) is 2.01. The van der Waals surface area contributed by atoms with Gasteiger partial charge in [-0.1, -0.05) is 12.1 Å². The minimum absolute atomic E-state index is 0.265. The maximum Gasteiger partial charge on any atom is 0.140 e. The first kappa shape index (κ1) is 13.6. The van der Waals surface area contributed by atoms with Crippen molar-refractivity contribution in [2.24, 2.45) is 0 Å². The molecule has 0 aliphatic carbocycles. The number of piperidine rings is 1. The van der Waals surface area contributed by atoms with Crippen molar-refractivity contribution in [2.75, 3.05) is 27.2 Å². The Labute approximate surface area is 110 Å². The van der Waals surface area contributed by atoms with Crippen LogP contribution in [0.5, 0.6) is 0 Å². The van der Waals surface area contributed by atoms with Gasteiger partial charge < -0.3 is 4.90 Å². The van der Waals surface area contributed by atoms with Crippen LogP contribution in [-0.4, -0.2) is 46.6 Å². The van der Waals surface area contributed by atoms with E-state index in [-0.39, 0.29) is 10.9 Å². The number of halogens is 1. The topological polar surface area (TPSA) is 23.6 Å². The lowest BCUT2D eigenvalue weighted by Gasteiger charge is -2.34. The molecule has 5 heteroatoms. The Morgan fingerprint density at radius 1 is 1.33 bits per heavy atom. The van der Waals surface area contributed by atoms with Crippen LogP contribution < -0.4 is 0 Å². The fourth-order valence-electron chi connectivity index (χ4n) is 2.24. The third kappa shape index (κ3) is 2.96. The molecule has 1 aromatic rings. The summed E-state index contributed by atoms with van der Waals surface area (Å²) in [6.07, 6.45) is 1.96. The predicted octanol–water partition coefficient (Wildman–Crippen LogP) is 1.87. The molecule has 1 atom stereocenters. The van der Waals surface area contributed by atoms with Crippen LogP contribution in [-0.2, 0) is 11.0 Å². The highest BCUT2D eigenvalue weighted by atomic mass is 32.2. The van der Waals surface area contributed by atoms with Gasteiger partial charge in [-0.05, 0) is 45.1 Å². The first-order chi connectivity index (χ1) is 8.59. The monoisotopic (exact) mass is 270 g/mol. The summed E-state index contributed by atoms with van der Waals surface area (Å²) in [4.78, 5) is 2.54. The van der Waals surface area contributed by atoms with Gasteiger partial charge in [0.15, 0.2) is 0 Å². The second kappa shape index (κ2) is 5.91. The Hall–Kier alpha value is -0.780. The maximum atomic E-state index is 13.6. The van der Waals surface area contributed by atoms with Crippen molar-refractivity contribution in [3.8, 4) is 0 Å². The zero-order valence-electron chi connectivity index (χ0n) is 10.8. The molecule has 1 fully saturated rings. The van der Waals surface area contributed by atoms with Gasteiger partial charge in [0.2, 0.25) is 0 Å². The number of hydrogen-bond donors (Lipinski definition) is 0. The van der Waals surface area contributed by atoms with Crippen molar-refractivity contribution in [1.82, 2.24) is 9.21 Å². The number of rotatable bonds is 3. The molecule has 0 spiro atoms. The molecule has 3 nitrogen and oxygen atoms in total. The highest BCUT2D eigenvalue weighted by molar-refractivity contribution is 7.82. The second-order valence-corrected chi connectivity index (χ2v) is 6.27. The molecule has 1 aliphatic heterocycles. The van der Waals surface area contributed by atoms with E-state index in [1.54, 1.807) is 22.5 Å². The fraction of sp³-hybridized carbons (Fsp3) is 0.538. The quantitative estimate of drug-likeness (QED) is 0.837. The van der Waals surface area contributed by atoms with Gasteiger partial charge in [-0.2, -0.15) is 0 Å². The average molecular weight is 270 g/mol. The van der Waals surface area contributed by atoms with E-state index in [2.05, 4.69) is 11.9 Å². The molecule has 0 amide bonds. The fourth-order valence-corrected chi connectivity index (χ4v) is 3.46. The minimum atomic E-state index is -1.41. The molecular formula is C13H19FN2OS. The first-order valence-corrected chi connectivity index (χ1v) is 7.28. The standard InChI is InChI=1S/C13H19FN2OS/c1-15-9-7-11(8-10-15)16(2)18(17)13-6-4-3-5-12(13)14/h3-6,11H,7-10H2,1-2H3. The largest absolute Gasteiger partial charge is 0.306 e. The predicted molar refractivity (Wildman–Crippen MR) is 71.1 cm³/mol. The van der Waals surface area contributed by atoms with Crippen LogP contribution in [0.15, 0.2) is 29.2 Å². The zero-order chi connectivity index (χ0) is 13.1. The molecule has 1 heterocycles. The third-order valence-corrected chi connectivity index (χ3v) is 5.02. The van der Waals surface area contributed by atoms with Crippen molar-refractivity contribution >= 4 is 11.0 Å². The smallest absolute Gasteiger partial charge is 0.140 e. The van der Waals surface area contributed by atoms with Gasteiger partial charge in [0.25, 0.3) is 0 Å². The van der Waals surface area contributed by atoms with Crippen LogP contribution >= 0.6 is 0 Å². The average Bonchev–Trinajstić information content (AvgIpc) is 2.38. The summed E-state index contributed by atoms with van der Waals surface area (Å²) in [5.41, 5.74) is 0. The Balaban J connectivity index is 2.07. The third-order valence-electron chi connectivity index (χ3n) is 3.49. The summed E-state index contributed by atoms with van der Waals surface area (Å²) < 4.78 is 27.7. The molecule has 0 N–H and O–H groups in total. The SMILES string of the molecule is CN1CCC(N(C)S(=O)c2ccccc2F)CC1. The van der Waals surface area contributed by atoms with E-state index in [1.807, 2.05) is 7.05 Å². The number of benzene rings is 1. The van der Waals surface area contributed by atoms with E-state index < -0.39 is 16.8 Å². The normalized spacial score (nSPS) is 20.2. The van der Waals surface area contributed by atoms with E-state index in [9.17, 15) is 8.60 Å². The summed E-state index contributed by atoms with van der Waals surface area (Å²) >= 11 is 0. The van der Waals surface area contributed by atoms with Crippen molar-refractivity contribution in [3.63, 3.8) is 0 Å². The minimum Gasteiger partial charge on any atom is -0.306 e. The van der Waals surface area contributed by atoms with Gasteiger partial charge in [0.1, 0.15) is 16.8 Å². The molecule has 0 radical (unpaired) electrons. The molecule has 18 heavy (non-hydrogen) atoms. The summed E-state index contributed by atoms with van der Waals surface area (Å²) in [5, 5.41) is 0. The van der Waals surface area contributed by atoms with Gasteiger partial charge in [0, 0.05) is 13.1 Å². The van der Waals surface area contributed by atoms with Crippen LogP contribution in [0.1, 0.15) is 12.8 Å².